The van der Waals surface area contributed by atoms with E-state index in [4.69, 9.17) is 9.26 Å². The fraction of sp³-hybridized carbons (Fsp3) is 0.450. The minimum atomic E-state index is -0.525. The molecule has 0 bridgehead atoms. The molecule has 2 aliphatic rings. The topological polar surface area (TPSA) is 106 Å². The Hall–Kier alpha value is -3.23. The number of imide groups is 1. The van der Waals surface area contributed by atoms with Crippen molar-refractivity contribution in [3.8, 4) is 11.4 Å². The Kier molecular flexibility index (Phi) is 5.28. The van der Waals surface area contributed by atoms with E-state index in [0.717, 1.165) is 23.3 Å². The van der Waals surface area contributed by atoms with Crippen LogP contribution >= 0.6 is 0 Å². The van der Waals surface area contributed by atoms with E-state index >= 15 is 0 Å². The highest BCUT2D eigenvalue weighted by Gasteiger charge is 2.48. The minimum absolute atomic E-state index is 0.127. The number of hydrogen-bond donors (Lipinski definition) is 0. The summed E-state index contributed by atoms with van der Waals surface area (Å²) >= 11 is 0. The van der Waals surface area contributed by atoms with Gasteiger partial charge in [-0.1, -0.05) is 48.3 Å². The molecule has 9 nitrogen and oxygen atoms in total. The quantitative estimate of drug-likeness (QED) is 0.711. The molecule has 29 heavy (non-hydrogen) atoms. The first-order valence-corrected chi connectivity index (χ1v) is 9.65. The average molecular weight is 398 g/mol. The van der Waals surface area contributed by atoms with Gasteiger partial charge >= 0.3 is 12.0 Å². The molecule has 0 radical (unpaired) electrons. The third-order valence-corrected chi connectivity index (χ3v) is 5.51. The Bertz CT molecular complexity index is 913. The number of amides is 3. The molecule has 1 aliphatic carbocycles. The zero-order chi connectivity index (χ0) is 20.4. The Morgan fingerprint density at radius 2 is 1.97 bits per heavy atom. The summed E-state index contributed by atoms with van der Waals surface area (Å²) in [6.07, 6.45) is 3.22. The van der Waals surface area contributed by atoms with Gasteiger partial charge in [0.2, 0.25) is 17.6 Å². The smallest absolute Gasteiger partial charge is 0.328 e. The zero-order valence-corrected chi connectivity index (χ0v) is 16.1. The molecule has 152 valence electrons. The van der Waals surface area contributed by atoms with Gasteiger partial charge in [-0.2, -0.15) is 4.98 Å². The maximum Gasteiger partial charge on any atom is 0.328 e. The summed E-state index contributed by atoms with van der Waals surface area (Å²) in [5.41, 5.74) is 0.776. The highest BCUT2D eigenvalue weighted by molar-refractivity contribution is 5.99. The van der Waals surface area contributed by atoms with Gasteiger partial charge in [-0.25, -0.2) is 4.79 Å². The molecule has 1 saturated carbocycles. The monoisotopic (exact) mass is 398 g/mol. The van der Waals surface area contributed by atoms with Crippen molar-refractivity contribution in [1.29, 1.82) is 0 Å². The first-order chi connectivity index (χ1) is 14.1. The van der Waals surface area contributed by atoms with Crippen molar-refractivity contribution in [3.63, 3.8) is 0 Å². The van der Waals surface area contributed by atoms with Crippen LogP contribution in [-0.4, -0.2) is 57.5 Å². The summed E-state index contributed by atoms with van der Waals surface area (Å²) < 4.78 is 10.0. The second-order valence-electron chi connectivity index (χ2n) is 7.25. The van der Waals surface area contributed by atoms with Crippen molar-refractivity contribution in [2.45, 2.75) is 38.3 Å². The fourth-order valence-corrected chi connectivity index (χ4v) is 4.06. The van der Waals surface area contributed by atoms with Gasteiger partial charge in [0.15, 0.2) is 0 Å². The molecular weight excluding hydrogens is 376 g/mol. The third-order valence-electron chi connectivity index (χ3n) is 5.51. The van der Waals surface area contributed by atoms with Crippen LogP contribution in [0.5, 0.6) is 0 Å². The summed E-state index contributed by atoms with van der Waals surface area (Å²) in [4.78, 5) is 44.8. The molecule has 3 amide bonds. The maximum atomic E-state index is 13.1. The lowest BCUT2D eigenvalue weighted by Crippen LogP contribution is -2.63. The van der Waals surface area contributed by atoms with Crippen LogP contribution in [-0.2, 0) is 20.9 Å². The number of hydrogen-bond acceptors (Lipinski definition) is 7. The van der Waals surface area contributed by atoms with Crippen molar-refractivity contribution in [1.82, 2.24) is 19.9 Å². The van der Waals surface area contributed by atoms with Gasteiger partial charge in [0.1, 0.15) is 13.1 Å². The van der Waals surface area contributed by atoms with E-state index in [-0.39, 0.29) is 36.8 Å². The molecule has 1 aromatic heterocycles. The molecule has 4 rings (SSSR count). The Labute approximate surface area is 167 Å². The SMILES string of the molecule is COC(=O)CN1C(=O)N(Cc2nc(-c3ccccc3)no2)C(=O)C2CCCCC21. The van der Waals surface area contributed by atoms with Gasteiger partial charge < -0.3 is 14.2 Å². The van der Waals surface area contributed by atoms with E-state index < -0.39 is 12.0 Å². The van der Waals surface area contributed by atoms with Crippen LogP contribution in [0, 0.1) is 5.92 Å². The van der Waals surface area contributed by atoms with Crippen LogP contribution in [0.4, 0.5) is 4.79 Å². The molecule has 2 fully saturated rings. The minimum Gasteiger partial charge on any atom is -0.468 e. The van der Waals surface area contributed by atoms with Gasteiger partial charge in [-0.05, 0) is 12.8 Å². The van der Waals surface area contributed by atoms with E-state index in [1.54, 1.807) is 0 Å². The van der Waals surface area contributed by atoms with Crippen molar-refractivity contribution in [3.05, 3.63) is 36.2 Å². The molecule has 0 N–H and O–H groups in total. The summed E-state index contributed by atoms with van der Waals surface area (Å²) in [6.45, 7) is -0.308. The predicted octanol–water partition coefficient (Wildman–Crippen LogP) is 2.23. The predicted molar refractivity (Wildman–Crippen MR) is 100 cm³/mol. The van der Waals surface area contributed by atoms with Crippen LogP contribution in [0.2, 0.25) is 0 Å². The Balaban J connectivity index is 1.57. The number of urea groups is 1. The fourth-order valence-electron chi connectivity index (χ4n) is 4.06. The molecule has 1 aromatic carbocycles. The summed E-state index contributed by atoms with van der Waals surface area (Å²) in [5.74, 6) is -0.540. The number of benzene rings is 1. The molecule has 2 atom stereocenters. The summed E-state index contributed by atoms with van der Waals surface area (Å²) in [5, 5.41) is 3.94. The molecule has 2 aromatic rings. The van der Waals surface area contributed by atoms with E-state index in [0.29, 0.717) is 18.7 Å². The summed E-state index contributed by atoms with van der Waals surface area (Å²) in [6, 6.07) is 8.48. The lowest BCUT2D eigenvalue weighted by molar-refractivity contribution is -0.148. The number of esters is 1. The maximum absolute atomic E-state index is 13.1. The summed E-state index contributed by atoms with van der Waals surface area (Å²) in [7, 11) is 1.28. The van der Waals surface area contributed by atoms with Crippen molar-refractivity contribution >= 4 is 17.9 Å². The van der Waals surface area contributed by atoms with E-state index in [1.165, 1.54) is 12.0 Å². The van der Waals surface area contributed by atoms with Crippen LogP contribution in [0.15, 0.2) is 34.9 Å². The van der Waals surface area contributed by atoms with Crippen LogP contribution in [0.1, 0.15) is 31.6 Å². The van der Waals surface area contributed by atoms with Gasteiger partial charge in [-0.3, -0.25) is 14.5 Å². The molecule has 9 heteroatoms. The van der Waals surface area contributed by atoms with E-state index in [2.05, 4.69) is 10.1 Å². The number of fused-ring (bicyclic) bond motifs is 1. The molecule has 0 spiro atoms. The zero-order valence-electron chi connectivity index (χ0n) is 16.1. The highest BCUT2D eigenvalue weighted by atomic mass is 16.5. The number of methoxy groups -OCH3 is 1. The van der Waals surface area contributed by atoms with E-state index in [1.807, 2.05) is 30.3 Å². The van der Waals surface area contributed by atoms with Gasteiger partial charge in [0.25, 0.3) is 0 Å². The van der Waals surface area contributed by atoms with Crippen molar-refractivity contribution < 1.29 is 23.6 Å². The van der Waals surface area contributed by atoms with Crippen molar-refractivity contribution in [2.24, 2.45) is 5.92 Å². The Morgan fingerprint density at radius 1 is 1.21 bits per heavy atom. The standard InChI is InChI=1S/C20H22N4O5/c1-28-17(25)12-23-15-10-6-5-9-14(15)19(26)24(20(23)27)11-16-21-18(22-29-16)13-7-3-2-4-8-13/h2-4,7-8,14-15H,5-6,9-12H2,1H3. The first kappa shape index (κ1) is 19.1. The number of ether oxygens (including phenoxy) is 1. The number of carbonyl (C=O) groups is 3. The van der Waals surface area contributed by atoms with Crippen LogP contribution < -0.4 is 0 Å². The molecule has 1 aliphatic heterocycles. The third kappa shape index (κ3) is 3.72. The molecule has 2 heterocycles. The Morgan fingerprint density at radius 3 is 2.72 bits per heavy atom. The second-order valence-corrected chi connectivity index (χ2v) is 7.25. The van der Waals surface area contributed by atoms with Gasteiger partial charge in [0, 0.05) is 11.6 Å². The number of carbonyl (C=O) groups excluding carboxylic acids is 3. The highest BCUT2D eigenvalue weighted by Crippen LogP contribution is 2.35. The van der Waals surface area contributed by atoms with Crippen LogP contribution in [0.25, 0.3) is 11.4 Å². The lowest BCUT2D eigenvalue weighted by atomic mass is 9.81. The van der Waals surface area contributed by atoms with Crippen molar-refractivity contribution in [2.75, 3.05) is 13.7 Å². The second kappa shape index (κ2) is 8.02. The number of aromatic nitrogens is 2. The number of nitrogens with zero attached hydrogens (tertiary/aromatic N) is 4. The lowest BCUT2D eigenvalue weighted by Gasteiger charge is -2.45. The normalized spacial score (nSPS) is 21.8. The number of rotatable bonds is 5. The molecule has 1 saturated heterocycles. The molecular formula is C20H22N4O5. The largest absolute Gasteiger partial charge is 0.468 e. The average Bonchev–Trinajstić information content (AvgIpc) is 3.23. The van der Waals surface area contributed by atoms with Gasteiger partial charge in [-0.15, -0.1) is 0 Å². The van der Waals surface area contributed by atoms with Gasteiger partial charge in [0.05, 0.1) is 13.0 Å². The van der Waals surface area contributed by atoms with Crippen LogP contribution in [0.3, 0.4) is 0 Å². The molecule has 2 unspecified atom stereocenters. The first-order valence-electron chi connectivity index (χ1n) is 9.65. The van der Waals surface area contributed by atoms with E-state index in [9.17, 15) is 14.4 Å².